The summed E-state index contributed by atoms with van der Waals surface area (Å²) >= 11 is 12.3. The van der Waals surface area contributed by atoms with Crippen LogP contribution < -0.4 is 15.5 Å². The van der Waals surface area contributed by atoms with E-state index in [-0.39, 0.29) is 5.56 Å². The van der Waals surface area contributed by atoms with Gasteiger partial charge in [0.2, 0.25) is 5.43 Å². The first-order valence-electron chi connectivity index (χ1n) is 10.4. The predicted molar refractivity (Wildman–Crippen MR) is 129 cm³/mol. The van der Waals surface area contributed by atoms with Gasteiger partial charge >= 0.3 is 0 Å². The molecule has 4 aromatic rings. The average Bonchev–Trinajstić information content (AvgIpc) is 2.78. The number of hydrogen-bond donors (Lipinski definition) is 2. The summed E-state index contributed by atoms with van der Waals surface area (Å²) in [6.07, 6.45) is 5.10. The van der Waals surface area contributed by atoms with Gasteiger partial charge in [-0.2, -0.15) is 0 Å². The Labute approximate surface area is 199 Å². The fraction of sp³-hybridized carbons (Fsp3) is 0.160. The highest BCUT2D eigenvalue weighted by Crippen LogP contribution is 2.36. The van der Waals surface area contributed by atoms with Crippen LogP contribution in [0.15, 0.2) is 65.8 Å². The molecule has 8 heteroatoms. The number of halogens is 2. The van der Waals surface area contributed by atoms with Crippen molar-refractivity contribution in [2.45, 2.75) is 18.9 Å². The lowest BCUT2D eigenvalue weighted by Crippen LogP contribution is -2.47. The first kappa shape index (κ1) is 21.5. The molecular weight excluding hydrogens is 461 g/mol. The topological polar surface area (TPSA) is 84.1 Å². The van der Waals surface area contributed by atoms with Crippen LogP contribution in [0, 0.1) is 0 Å². The van der Waals surface area contributed by atoms with Gasteiger partial charge in [0.05, 0.1) is 23.0 Å². The van der Waals surface area contributed by atoms with Gasteiger partial charge in [0.15, 0.2) is 0 Å². The van der Waals surface area contributed by atoms with Crippen molar-refractivity contribution >= 4 is 40.0 Å². The second-order valence-electron chi connectivity index (χ2n) is 8.18. The summed E-state index contributed by atoms with van der Waals surface area (Å²) in [5.41, 5.74) is 1.74. The molecule has 0 unspecified atom stereocenters. The molecule has 33 heavy (non-hydrogen) atoms. The molecule has 1 atom stereocenters. The molecule has 2 N–H and O–H groups in total. The summed E-state index contributed by atoms with van der Waals surface area (Å²) in [6.45, 7) is 2.40. The Balaban J connectivity index is 1.55. The number of amides is 1. The molecule has 1 aliphatic heterocycles. The summed E-state index contributed by atoms with van der Waals surface area (Å²) in [7, 11) is 0. The largest absolute Gasteiger partial charge is 0.493 e. The van der Waals surface area contributed by atoms with Crippen molar-refractivity contribution in [3.05, 3.63) is 92.5 Å². The number of aromatic amines is 1. The van der Waals surface area contributed by atoms with Gasteiger partial charge in [-0.3, -0.25) is 14.6 Å². The Kier molecular flexibility index (Phi) is 5.35. The van der Waals surface area contributed by atoms with Crippen molar-refractivity contribution in [2.24, 2.45) is 0 Å². The van der Waals surface area contributed by atoms with Crippen LogP contribution in [0.25, 0.3) is 22.0 Å². The van der Waals surface area contributed by atoms with E-state index in [2.05, 4.69) is 15.3 Å². The second-order valence-corrected chi connectivity index (χ2v) is 9.05. The van der Waals surface area contributed by atoms with E-state index in [0.717, 1.165) is 11.3 Å². The lowest BCUT2D eigenvalue weighted by molar-refractivity contribution is 0.0872. The van der Waals surface area contributed by atoms with Crippen LogP contribution in [0.4, 0.5) is 0 Å². The molecule has 0 fully saturated rings. The molecule has 0 bridgehead atoms. The number of nitrogens with zero attached hydrogens (tertiary/aromatic N) is 1. The zero-order valence-corrected chi connectivity index (χ0v) is 19.1. The summed E-state index contributed by atoms with van der Waals surface area (Å²) < 4.78 is 5.71. The molecule has 0 saturated heterocycles. The first-order valence-corrected chi connectivity index (χ1v) is 11.1. The molecule has 0 aliphatic carbocycles. The van der Waals surface area contributed by atoms with Crippen molar-refractivity contribution in [1.82, 2.24) is 15.3 Å². The summed E-state index contributed by atoms with van der Waals surface area (Å²) in [4.78, 5) is 33.8. The first-order chi connectivity index (χ1) is 15.9. The molecule has 2 aromatic heterocycles. The van der Waals surface area contributed by atoms with Crippen LogP contribution in [0.2, 0.25) is 10.0 Å². The maximum absolute atomic E-state index is 13.3. The van der Waals surface area contributed by atoms with Gasteiger partial charge in [-0.05, 0) is 36.8 Å². The van der Waals surface area contributed by atoms with E-state index in [9.17, 15) is 9.59 Å². The van der Waals surface area contributed by atoms with Crippen LogP contribution in [0.5, 0.6) is 5.75 Å². The molecule has 5 rings (SSSR count). The van der Waals surface area contributed by atoms with Gasteiger partial charge in [-0.1, -0.05) is 41.4 Å². The second kappa shape index (κ2) is 8.21. The third kappa shape index (κ3) is 3.86. The molecule has 1 aliphatic rings. The quantitative estimate of drug-likeness (QED) is 0.416. The molecule has 0 saturated carbocycles. The molecule has 6 nitrogen and oxygen atoms in total. The zero-order valence-electron chi connectivity index (χ0n) is 17.6. The van der Waals surface area contributed by atoms with Crippen molar-refractivity contribution in [2.75, 3.05) is 6.61 Å². The standard InChI is InChI=1S/C25H19Cl2N3O3/c1-25(6-7-33-21-5-3-2-4-20(21)25)30-24(32)19-13-29-22-17(11-28-12-18(22)23(19)31)14-8-15(26)10-16(27)9-14/h2-5,8-13H,6-7H2,1H3,(H,29,31)(H,30,32)/t25-/m0/s1. The van der Waals surface area contributed by atoms with E-state index in [4.69, 9.17) is 27.9 Å². The van der Waals surface area contributed by atoms with Gasteiger partial charge in [0.1, 0.15) is 11.3 Å². The van der Waals surface area contributed by atoms with Crippen LogP contribution in [-0.2, 0) is 5.54 Å². The molecule has 0 spiro atoms. The minimum Gasteiger partial charge on any atom is -0.493 e. The molecule has 2 aromatic carbocycles. The van der Waals surface area contributed by atoms with Gasteiger partial charge in [0, 0.05) is 46.2 Å². The van der Waals surface area contributed by atoms with E-state index in [1.54, 1.807) is 24.4 Å². The highest BCUT2D eigenvalue weighted by molar-refractivity contribution is 6.35. The van der Waals surface area contributed by atoms with E-state index in [0.29, 0.717) is 45.1 Å². The summed E-state index contributed by atoms with van der Waals surface area (Å²) in [5.74, 6) is 0.265. The molecule has 166 valence electrons. The number of H-pyrrole nitrogens is 1. The van der Waals surface area contributed by atoms with Crippen molar-refractivity contribution < 1.29 is 9.53 Å². The SMILES string of the molecule is C[C@]1(NC(=O)c2c[nH]c3c(-c4cc(Cl)cc(Cl)c4)cncc3c2=O)CCOc2ccccc21. The monoisotopic (exact) mass is 479 g/mol. The lowest BCUT2D eigenvalue weighted by Gasteiger charge is -2.36. The van der Waals surface area contributed by atoms with Gasteiger partial charge in [-0.25, -0.2) is 0 Å². The third-order valence-corrected chi connectivity index (χ3v) is 6.38. The van der Waals surface area contributed by atoms with Gasteiger partial charge in [0.25, 0.3) is 5.91 Å². The Morgan fingerprint density at radius 2 is 1.91 bits per heavy atom. The molecule has 0 radical (unpaired) electrons. The van der Waals surface area contributed by atoms with Crippen LogP contribution >= 0.6 is 23.2 Å². The van der Waals surface area contributed by atoms with Crippen molar-refractivity contribution in [1.29, 1.82) is 0 Å². The van der Waals surface area contributed by atoms with Crippen LogP contribution in [0.1, 0.15) is 29.3 Å². The number of ether oxygens (including phenoxy) is 1. The Morgan fingerprint density at radius 1 is 1.15 bits per heavy atom. The van der Waals surface area contributed by atoms with Gasteiger partial charge < -0.3 is 15.0 Å². The summed E-state index contributed by atoms with van der Waals surface area (Å²) in [6, 6.07) is 12.7. The number of carbonyl (C=O) groups excluding carboxylic acids is 1. The van der Waals surface area contributed by atoms with Crippen LogP contribution in [-0.4, -0.2) is 22.5 Å². The fourth-order valence-corrected chi connectivity index (χ4v) is 4.76. The highest BCUT2D eigenvalue weighted by Gasteiger charge is 2.35. The number of para-hydroxylation sites is 1. The van der Waals surface area contributed by atoms with Crippen molar-refractivity contribution in [3.8, 4) is 16.9 Å². The number of nitrogens with one attached hydrogen (secondary N) is 2. The molecule has 3 heterocycles. The number of carbonyl (C=O) groups is 1. The number of fused-ring (bicyclic) bond motifs is 2. The van der Waals surface area contributed by atoms with E-state index >= 15 is 0 Å². The highest BCUT2D eigenvalue weighted by atomic mass is 35.5. The van der Waals surface area contributed by atoms with E-state index in [1.807, 2.05) is 31.2 Å². The normalized spacial score (nSPS) is 17.3. The Morgan fingerprint density at radius 3 is 2.70 bits per heavy atom. The lowest BCUT2D eigenvalue weighted by atomic mass is 9.86. The van der Waals surface area contributed by atoms with Gasteiger partial charge in [-0.15, -0.1) is 0 Å². The third-order valence-electron chi connectivity index (χ3n) is 5.94. The number of aromatic nitrogens is 2. The molecular formula is C25H19Cl2N3O3. The maximum atomic E-state index is 13.3. The average molecular weight is 480 g/mol. The zero-order chi connectivity index (χ0) is 23.2. The van der Waals surface area contributed by atoms with Crippen molar-refractivity contribution in [3.63, 3.8) is 0 Å². The number of pyridine rings is 2. The Bertz CT molecular complexity index is 1450. The number of hydrogen-bond acceptors (Lipinski definition) is 4. The summed E-state index contributed by atoms with van der Waals surface area (Å²) in [5, 5.41) is 4.28. The minimum absolute atomic E-state index is 0.00998. The predicted octanol–water partition coefficient (Wildman–Crippen LogP) is 5.32. The fourth-order valence-electron chi connectivity index (χ4n) is 4.24. The van der Waals surface area contributed by atoms with E-state index < -0.39 is 16.9 Å². The minimum atomic E-state index is -0.662. The van der Waals surface area contributed by atoms with Crippen LogP contribution in [0.3, 0.4) is 0 Å². The maximum Gasteiger partial charge on any atom is 0.257 e. The smallest absolute Gasteiger partial charge is 0.257 e. The van der Waals surface area contributed by atoms with E-state index in [1.165, 1.54) is 12.4 Å². The number of benzene rings is 2. The molecule has 1 amide bonds. The number of rotatable bonds is 3. The Hall–Kier alpha value is -3.35.